The topological polar surface area (TPSA) is 150 Å². The summed E-state index contributed by atoms with van der Waals surface area (Å²) in [5, 5.41) is 12.5. The van der Waals surface area contributed by atoms with Crippen LogP contribution in [0.4, 0.5) is 15.8 Å². The van der Waals surface area contributed by atoms with Crippen molar-refractivity contribution in [3.8, 4) is 0 Å². The van der Waals surface area contributed by atoms with Gasteiger partial charge < -0.3 is 15.2 Å². The number of aliphatic hydroxyl groups is 1. The number of β-amino-alcohol motifs (C(OH)–C–C–N with tert-alkyl or cyclic N) is 1. The molecule has 0 radical (unpaired) electrons. The van der Waals surface area contributed by atoms with E-state index in [4.69, 9.17) is 16.3 Å². The zero-order chi connectivity index (χ0) is 30.7. The van der Waals surface area contributed by atoms with Crippen LogP contribution in [0.3, 0.4) is 0 Å². The number of halogens is 2. The number of nitrogens with zero attached hydrogens (tertiary/aromatic N) is 2. The van der Waals surface area contributed by atoms with Crippen molar-refractivity contribution < 1.29 is 40.7 Å². The summed E-state index contributed by atoms with van der Waals surface area (Å²) in [4.78, 5) is 25.0. The van der Waals surface area contributed by atoms with E-state index in [9.17, 15) is 35.9 Å². The lowest BCUT2D eigenvalue weighted by Gasteiger charge is -2.23. The minimum Gasteiger partial charge on any atom is -0.454 e. The third kappa shape index (κ3) is 6.73. The number of sulfonamides is 2. The molecule has 0 bridgehead atoms. The summed E-state index contributed by atoms with van der Waals surface area (Å²) in [5.41, 5.74) is 0.389. The Morgan fingerprint density at radius 1 is 1.05 bits per heavy atom. The van der Waals surface area contributed by atoms with E-state index in [1.807, 2.05) is 0 Å². The highest BCUT2D eigenvalue weighted by Crippen LogP contribution is 2.30. The number of benzene rings is 3. The Balaban J connectivity index is 1.45. The number of carbonyl (C=O) groups is 2. The zero-order valence-corrected chi connectivity index (χ0v) is 24.6. The summed E-state index contributed by atoms with van der Waals surface area (Å²) in [7, 11) is -8.33. The van der Waals surface area contributed by atoms with Crippen molar-refractivity contribution in [1.82, 2.24) is 4.31 Å². The van der Waals surface area contributed by atoms with Crippen molar-refractivity contribution in [3.63, 3.8) is 0 Å². The number of anilines is 2. The van der Waals surface area contributed by atoms with Crippen LogP contribution in [0, 0.1) is 5.82 Å². The number of aliphatic hydroxyl groups excluding tert-OH is 1. The lowest BCUT2D eigenvalue weighted by atomic mass is 10.2. The zero-order valence-electron chi connectivity index (χ0n) is 22.2. The quantitative estimate of drug-likeness (QED) is 0.322. The number of carbonyl (C=O) groups excluding carboxylic acids is 2. The Morgan fingerprint density at radius 2 is 1.69 bits per heavy atom. The number of rotatable bonds is 10. The molecule has 1 fully saturated rings. The Bertz CT molecular complexity index is 1670. The van der Waals surface area contributed by atoms with E-state index < -0.39 is 63.0 Å². The Kier molecular flexibility index (Phi) is 9.53. The highest BCUT2D eigenvalue weighted by Gasteiger charge is 2.44. The van der Waals surface area contributed by atoms with Gasteiger partial charge in [-0.15, -0.1) is 0 Å². The van der Waals surface area contributed by atoms with E-state index in [1.54, 1.807) is 37.3 Å². The number of para-hydroxylation sites is 1. The van der Waals surface area contributed by atoms with Crippen LogP contribution >= 0.6 is 11.6 Å². The maximum absolute atomic E-state index is 13.3. The third-order valence-corrected chi connectivity index (χ3v) is 10.5. The van der Waals surface area contributed by atoms with Crippen LogP contribution in [-0.4, -0.2) is 70.0 Å². The Labute approximate surface area is 247 Å². The first-order valence-electron chi connectivity index (χ1n) is 12.6. The molecule has 0 aliphatic carbocycles. The highest BCUT2D eigenvalue weighted by molar-refractivity contribution is 7.92. The number of hydrogen-bond acceptors (Lipinski definition) is 8. The SMILES string of the molecule is CCN(c1ccccc1)S(=O)(=O)c1ccc(Cl)c(NC(=O)COC(=O)C2CC(O)CN2S(=O)(=O)c2ccc(F)cc2)c1. The lowest BCUT2D eigenvalue weighted by Crippen LogP contribution is -2.42. The molecular formula is C27H27ClFN3O8S2. The van der Waals surface area contributed by atoms with E-state index in [1.165, 1.54) is 22.5 Å². The first-order valence-corrected chi connectivity index (χ1v) is 15.9. The molecule has 1 amide bonds. The highest BCUT2D eigenvalue weighted by atomic mass is 35.5. The van der Waals surface area contributed by atoms with Gasteiger partial charge in [-0.1, -0.05) is 29.8 Å². The second-order valence-electron chi connectivity index (χ2n) is 9.24. The van der Waals surface area contributed by atoms with Crippen molar-refractivity contribution >= 4 is 54.9 Å². The summed E-state index contributed by atoms with van der Waals surface area (Å²) < 4.78 is 73.0. The molecule has 2 unspecified atom stereocenters. The fourth-order valence-corrected chi connectivity index (χ4v) is 7.69. The van der Waals surface area contributed by atoms with E-state index in [0.717, 1.165) is 28.6 Å². The molecule has 15 heteroatoms. The second kappa shape index (κ2) is 12.8. The predicted octanol–water partition coefficient (Wildman–Crippen LogP) is 3.00. The summed E-state index contributed by atoms with van der Waals surface area (Å²) in [6, 6.07) is 14.7. The molecule has 1 aliphatic rings. The first kappa shape index (κ1) is 31.4. The minimum atomic E-state index is -4.30. The van der Waals surface area contributed by atoms with Gasteiger partial charge in [0.2, 0.25) is 10.0 Å². The number of nitrogens with one attached hydrogen (secondary N) is 1. The standard InChI is InChI=1S/C27H27ClFN3O8S2/c1-2-31(19-6-4-3-5-7-19)42(38,39)22-12-13-23(28)24(15-22)30-26(34)17-40-27(35)25-14-20(33)16-32(25)41(36,37)21-10-8-18(29)9-11-21/h3-13,15,20,25,33H,2,14,16-17H2,1H3,(H,30,34). The molecule has 0 saturated carbocycles. The Hall–Kier alpha value is -3.56. The van der Waals surface area contributed by atoms with Crippen molar-refractivity contribution in [2.75, 3.05) is 29.3 Å². The van der Waals surface area contributed by atoms with Crippen molar-refractivity contribution in [3.05, 3.63) is 83.6 Å². The molecule has 1 heterocycles. The van der Waals surface area contributed by atoms with Gasteiger partial charge in [-0.05, 0) is 61.5 Å². The van der Waals surface area contributed by atoms with E-state index >= 15 is 0 Å². The summed E-state index contributed by atoms with van der Waals surface area (Å²) in [5.74, 6) is -2.61. The molecule has 42 heavy (non-hydrogen) atoms. The summed E-state index contributed by atoms with van der Waals surface area (Å²) in [6.07, 6.45) is -1.45. The average molecular weight is 640 g/mol. The van der Waals surface area contributed by atoms with Crippen LogP contribution in [0.15, 0.2) is 82.6 Å². The van der Waals surface area contributed by atoms with Crippen LogP contribution in [-0.2, 0) is 34.4 Å². The molecule has 11 nitrogen and oxygen atoms in total. The van der Waals surface area contributed by atoms with Gasteiger partial charge in [0.15, 0.2) is 6.61 Å². The normalized spacial score (nSPS) is 17.5. The number of ether oxygens (including phenoxy) is 1. The van der Waals surface area contributed by atoms with Gasteiger partial charge in [0.05, 0.1) is 32.3 Å². The molecule has 3 aromatic carbocycles. The largest absolute Gasteiger partial charge is 0.454 e. The Morgan fingerprint density at radius 3 is 2.33 bits per heavy atom. The van der Waals surface area contributed by atoms with E-state index in [2.05, 4.69) is 5.32 Å². The fourth-order valence-electron chi connectivity index (χ4n) is 4.40. The molecule has 1 aliphatic heterocycles. The molecule has 4 rings (SSSR count). The molecule has 0 aromatic heterocycles. The molecule has 2 atom stereocenters. The van der Waals surface area contributed by atoms with Gasteiger partial charge in [-0.2, -0.15) is 4.31 Å². The molecule has 3 aromatic rings. The van der Waals surface area contributed by atoms with Crippen LogP contribution in [0.5, 0.6) is 0 Å². The van der Waals surface area contributed by atoms with Crippen molar-refractivity contribution in [1.29, 1.82) is 0 Å². The number of esters is 1. The lowest BCUT2D eigenvalue weighted by molar-refractivity contribution is -0.150. The molecular weight excluding hydrogens is 613 g/mol. The predicted molar refractivity (Wildman–Crippen MR) is 152 cm³/mol. The maximum atomic E-state index is 13.3. The third-order valence-electron chi connectivity index (χ3n) is 6.40. The summed E-state index contributed by atoms with van der Waals surface area (Å²) >= 11 is 6.18. The van der Waals surface area contributed by atoms with Crippen LogP contribution < -0.4 is 9.62 Å². The van der Waals surface area contributed by atoms with Gasteiger partial charge in [0, 0.05) is 19.5 Å². The molecule has 224 valence electrons. The van der Waals surface area contributed by atoms with Crippen LogP contribution in [0.2, 0.25) is 5.02 Å². The number of amides is 1. The fraction of sp³-hybridized carbons (Fsp3) is 0.259. The first-order chi connectivity index (χ1) is 19.8. The van der Waals surface area contributed by atoms with Crippen LogP contribution in [0.25, 0.3) is 0 Å². The van der Waals surface area contributed by atoms with Crippen LogP contribution in [0.1, 0.15) is 13.3 Å². The van der Waals surface area contributed by atoms with E-state index in [-0.39, 0.29) is 33.5 Å². The summed E-state index contributed by atoms with van der Waals surface area (Å²) in [6.45, 7) is 0.553. The second-order valence-corrected chi connectivity index (χ2v) is 13.4. The monoisotopic (exact) mass is 639 g/mol. The number of hydrogen-bond donors (Lipinski definition) is 2. The van der Waals surface area contributed by atoms with Gasteiger partial charge in [0.1, 0.15) is 11.9 Å². The minimum absolute atomic E-state index is 0.0202. The molecule has 0 spiro atoms. The molecule has 2 N–H and O–H groups in total. The van der Waals surface area contributed by atoms with Gasteiger partial charge in [-0.25, -0.2) is 21.2 Å². The van der Waals surface area contributed by atoms with Crippen molar-refractivity contribution in [2.45, 2.75) is 35.3 Å². The maximum Gasteiger partial charge on any atom is 0.325 e. The van der Waals surface area contributed by atoms with Gasteiger partial charge in [-0.3, -0.25) is 13.9 Å². The van der Waals surface area contributed by atoms with Crippen molar-refractivity contribution in [2.24, 2.45) is 0 Å². The van der Waals surface area contributed by atoms with Gasteiger partial charge in [0.25, 0.3) is 15.9 Å². The molecule has 1 saturated heterocycles. The smallest absolute Gasteiger partial charge is 0.325 e. The average Bonchev–Trinajstić information content (AvgIpc) is 3.36. The van der Waals surface area contributed by atoms with E-state index in [0.29, 0.717) is 5.69 Å². The van der Waals surface area contributed by atoms with Gasteiger partial charge >= 0.3 is 5.97 Å².